The van der Waals surface area contributed by atoms with Crippen molar-refractivity contribution >= 4 is 22.9 Å². The van der Waals surface area contributed by atoms with E-state index in [0.29, 0.717) is 28.1 Å². The van der Waals surface area contributed by atoms with Crippen molar-refractivity contribution in [1.82, 2.24) is 19.7 Å². The zero-order chi connectivity index (χ0) is 24.4. The van der Waals surface area contributed by atoms with Crippen LogP contribution < -0.4 is 0 Å². The van der Waals surface area contributed by atoms with Gasteiger partial charge in [0.05, 0.1) is 23.4 Å². The van der Waals surface area contributed by atoms with Crippen LogP contribution in [0.25, 0.3) is 22.5 Å². The van der Waals surface area contributed by atoms with E-state index in [4.69, 9.17) is 9.15 Å². The first-order chi connectivity index (χ1) is 16.2. The zero-order valence-electron chi connectivity index (χ0n) is 19.4. The lowest BCUT2D eigenvalue weighted by Crippen LogP contribution is -2.37. The number of amides is 1. The van der Waals surface area contributed by atoms with Crippen molar-refractivity contribution in [1.29, 1.82) is 0 Å². The monoisotopic (exact) mass is 464 g/mol. The smallest absolute Gasteiger partial charge is 0.339 e. The Kier molecular flexibility index (Phi) is 6.45. The number of aromatic nitrogens is 3. The SMILES string of the molecule is CC(OC(=O)c1cc(-c2ccco2)nc2c1cnn2C(C)C)C(=O)N(C)Cc1cccc(F)c1. The Morgan fingerprint density at radius 3 is 2.65 bits per heavy atom. The lowest BCUT2D eigenvalue weighted by atomic mass is 10.1. The largest absolute Gasteiger partial charge is 0.463 e. The summed E-state index contributed by atoms with van der Waals surface area (Å²) < 4.78 is 26.2. The molecule has 0 aliphatic rings. The van der Waals surface area contributed by atoms with Crippen molar-refractivity contribution in [2.24, 2.45) is 0 Å². The van der Waals surface area contributed by atoms with Gasteiger partial charge in [0.2, 0.25) is 0 Å². The quantitative estimate of drug-likeness (QED) is 0.371. The van der Waals surface area contributed by atoms with Crippen molar-refractivity contribution in [3.63, 3.8) is 0 Å². The average molecular weight is 464 g/mol. The third-order valence-corrected chi connectivity index (χ3v) is 5.37. The highest BCUT2D eigenvalue weighted by atomic mass is 19.1. The predicted molar refractivity (Wildman–Crippen MR) is 123 cm³/mol. The Labute approximate surface area is 195 Å². The molecule has 0 spiro atoms. The predicted octanol–water partition coefficient (Wildman–Crippen LogP) is 4.62. The molecule has 0 radical (unpaired) electrons. The molecule has 0 fully saturated rings. The first-order valence-electron chi connectivity index (χ1n) is 10.9. The maximum Gasteiger partial charge on any atom is 0.339 e. The number of hydrogen-bond donors (Lipinski definition) is 0. The standard InChI is InChI=1S/C25H25FN4O4/c1-15(2)30-23-20(13-27-30)19(12-21(28-23)22-9-6-10-33-22)25(32)34-16(3)24(31)29(4)14-17-7-5-8-18(26)11-17/h5-13,15-16H,14H2,1-4H3. The minimum absolute atomic E-state index is 0.0118. The van der Waals surface area contributed by atoms with E-state index in [9.17, 15) is 14.0 Å². The third kappa shape index (κ3) is 4.68. The molecule has 0 aliphatic carbocycles. The zero-order valence-corrected chi connectivity index (χ0v) is 19.4. The fourth-order valence-corrected chi connectivity index (χ4v) is 3.69. The molecule has 0 bridgehead atoms. The van der Waals surface area contributed by atoms with Crippen molar-refractivity contribution < 1.29 is 23.1 Å². The van der Waals surface area contributed by atoms with Crippen LogP contribution in [-0.4, -0.2) is 44.7 Å². The molecule has 0 saturated heterocycles. The van der Waals surface area contributed by atoms with Gasteiger partial charge in [-0.1, -0.05) is 12.1 Å². The van der Waals surface area contributed by atoms with Crippen LogP contribution in [0.4, 0.5) is 4.39 Å². The molecule has 0 saturated carbocycles. The van der Waals surface area contributed by atoms with Gasteiger partial charge in [-0.2, -0.15) is 5.10 Å². The van der Waals surface area contributed by atoms with Gasteiger partial charge in [0.1, 0.15) is 11.5 Å². The number of pyridine rings is 1. The van der Waals surface area contributed by atoms with Crippen LogP contribution in [0.2, 0.25) is 0 Å². The number of carbonyl (C=O) groups is 2. The Hall–Kier alpha value is -4.01. The molecule has 4 rings (SSSR count). The molecule has 9 heteroatoms. The van der Waals surface area contributed by atoms with E-state index >= 15 is 0 Å². The number of likely N-dealkylation sites (N-methyl/N-ethyl adjacent to an activating group) is 1. The Bertz CT molecular complexity index is 1330. The molecule has 3 heterocycles. The van der Waals surface area contributed by atoms with E-state index in [-0.39, 0.29) is 24.0 Å². The number of carbonyl (C=O) groups excluding carboxylic acids is 2. The molecule has 1 unspecified atom stereocenters. The minimum Gasteiger partial charge on any atom is -0.463 e. The molecule has 8 nitrogen and oxygen atoms in total. The van der Waals surface area contributed by atoms with Gasteiger partial charge in [0, 0.05) is 19.6 Å². The van der Waals surface area contributed by atoms with Crippen LogP contribution in [0.15, 0.2) is 59.3 Å². The number of rotatable bonds is 7. The van der Waals surface area contributed by atoms with Crippen molar-refractivity contribution in [3.8, 4) is 11.5 Å². The van der Waals surface area contributed by atoms with Gasteiger partial charge in [0.15, 0.2) is 17.5 Å². The molecule has 0 N–H and O–H groups in total. The van der Waals surface area contributed by atoms with Gasteiger partial charge in [-0.15, -0.1) is 0 Å². The van der Waals surface area contributed by atoms with Crippen molar-refractivity contribution in [2.45, 2.75) is 39.5 Å². The van der Waals surface area contributed by atoms with E-state index in [1.54, 1.807) is 48.3 Å². The topological polar surface area (TPSA) is 90.5 Å². The summed E-state index contributed by atoms with van der Waals surface area (Å²) in [6.45, 7) is 5.61. The van der Waals surface area contributed by atoms with Crippen molar-refractivity contribution in [3.05, 3.63) is 71.9 Å². The van der Waals surface area contributed by atoms with Gasteiger partial charge < -0.3 is 14.1 Å². The second-order valence-corrected chi connectivity index (χ2v) is 8.32. The summed E-state index contributed by atoms with van der Waals surface area (Å²) in [4.78, 5) is 32.0. The molecule has 4 aromatic rings. The highest BCUT2D eigenvalue weighted by Gasteiger charge is 2.26. The first kappa shape index (κ1) is 23.2. The summed E-state index contributed by atoms with van der Waals surface area (Å²) in [6.07, 6.45) is 2.03. The number of esters is 1. The summed E-state index contributed by atoms with van der Waals surface area (Å²) >= 11 is 0. The van der Waals surface area contributed by atoms with E-state index < -0.39 is 18.0 Å². The number of halogens is 1. The summed E-state index contributed by atoms with van der Waals surface area (Å²) in [6, 6.07) is 11.1. The van der Waals surface area contributed by atoms with Crippen LogP contribution in [-0.2, 0) is 16.1 Å². The van der Waals surface area contributed by atoms with Crippen LogP contribution in [0, 0.1) is 5.82 Å². The van der Waals surface area contributed by atoms with E-state index in [1.807, 2.05) is 13.8 Å². The number of hydrogen-bond acceptors (Lipinski definition) is 6. The Balaban J connectivity index is 1.59. The third-order valence-electron chi connectivity index (χ3n) is 5.37. The summed E-state index contributed by atoms with van der Waals surface area (Å²) in [5, 5.41) is 4.88. The van der Waals surface area contributed by atoms with Gasteiger partial charge in [0.25, 0.3) is 5.91 Å². The summed E-state index contributed by atoms with van der Waals surface area (Å²) in [5.41, 5.74) is 1.83. The van der Waals surface area contributed by atoms with Crippen molar-refractivity contribution in [2.75, 3.05) is 7.05 Å². The van der Waals surface area contributed by atoms with E-state index in [0.717, 1.165) is 0 Å². The second-order valence-electron chi connectivity index (χ2n) is 8.32. The minimum atomic E-state index is -1.05. The highest BCUT2D eigenvalue weighted by Crippen LogP contribution is 2.27. The molecular formula is C25H25FN4O4. The second kappa shape index (κ2) is 9.46. The maximum absolute atomic E-state index is 13.5. The number of fused-ring (bicyclic) bond motifs is 1. The number of benzene rings is 1. The molecule has 0 aliphatic heterocycles. The Morgan fingerprint density at radius 2 is 1.97 bits per heavy atom. The highest BCUT2D eigenvalue weighted by molar-refractivity contribution is 6.04. The molecular weight excluding hydrogens is 439 g/mol. The fraction of sp³-hybridized carbons (Fsp3) is 0.280. The fourth-order valence-electron chi connectivity index (χ4n) is 3.69. The Morgan fingerprint density at radius 1 is 1.18 bits per heavy atom. The summed E-state index contributed by atoms with van der Waals surface area (Å²) in [5.74, 6) is -0.976. The molecule has 1 amide bonds. The van der Waals surface area contributed by atoms with Gasteiger partial charge in [-0.05, 0) is 56.7 Å². The number of nitrogens with zero attached hydrogens (tertiary/aromatic N) is 4. The first-order valence-corrected chi connectivity index (χ1v) is 10.9. The molecule has 176 valence electrons. The van der Waals surface area contributed by atoms with Gasteiger partial charge in [-0.25, -0.2) is 18.9 Å². The van der Waals surface area contributed by atoms with Gasteiger partial charge >= 0.3 is 5.97 Å². The van der Waals surface area contributed by atoms with Crippen LogP contribution in [0.5, 0.6) is 0 Å². The van der Waals surface area contributed by atoms with Crippen LogP contribution in [0.1, 0.15) is 42.7 Å². The normalized spacial score (nSPS) is 12.2. The number of furan rings is 1. The summed E-state index contributed by atoms with van der Waals surface area (Å²) in [7, 11) is 1.57. The lowest BCUT2D eigenvalue weighted by Gasteiger charge is -2.22. The van der Waals surface area contributed by atoms with E-state index in [1.165, 1.54) is 30.2 Å². The van der Waals surface area contributed by atoms with Crippen LogP contribution >= 0.6 is 0 Å². The maximum atomic E-state index is 13.5. The molecule has 34 heavy (non-hydrogen) atoms. The molecule has 3 aromatic heterocycles. The molecule has 1 atom stereocenters. The average Bonchev–Trinajstić information content (AvgIpc) is 3.47. The molecule has 1 aromatic carbocycles. The lowest BCUT2D eigenvalue weighted by molar-refractivity contribution is -0.139. The number of ether oxygens (including phenoxy) is 1. The van der Waals surface area contributed by atoms with Gasteiger partial charge in [-0.3, -0.25) is 4.79 Å². The van der Waals surface area contributed by atoms with E-state index in [2.05, 4.69) is 10.1 Å². The van der Waals surface area contributed by atoms with Crippen LogP contribution in [0.3, 0.4) is 0 Å².